The predicted octanol–water partition coefficient (Wildman–Crippen LogP) is 3.09. The summed E-state index contributed by atoms with van der Waals surface area (Å²) < 4.78 is 5.58. The maximum absolute atomic E-state index is 5.58. The molecule has 0 aliphatic rings. The van der Waals surface area contributed by atoms with E-state index in [4.69, 9.17) is 4.74 Å². The van der Waals surface area contributed by atoms with Crippen LogP contribution in [-0.4, -0.2) is 25.8 Å². The molecule has 16 heavy (non-hydrogen) atoms. The first-order valence-electron chi connectivity index (χ1n) is 6.16. The Morgan fingerprint density at radius 1 is 1.44 bits per heavy atom. The molecule has 0 saturated heterocycles. The van der Waals surface area contributed by atoms with Crippen LogP contribution in [0.2, 0.25) is 0 Å². The lowest BCUT2D eigenvalue weighted by molar-refractivity contribution is 0.137. The van der Waals surface area contributed by atoms with E-state index < -0.39 is 0 Å². The molecule has 0 spiro atoms. The van der Waals surface area contributed by atoms with Crippen LogP contribution in [0.5, 0.6) is 0 Å². The second kappa shape index (κ2) is 8.74. The van der Waals surface area contributed by atoms with Crippen LogP contribution in [-0.2, 0) is 11.2 Å². The van der Waals surface area contributed by atoms with Crippen molar-refractivity contribution in [3.8, 4) is 0 Å². The fourth-order valence-electron chi connectivity index (χ4n) is 1.64. The van der Waals surface area contributed by atoms with Gasteiger partial charge in [-0.2, -0.15) is 0 Å². The van der Waals surface area contributed by atoms with Crippen molar-refractivity contribution in [3.05, 3.63) is 22.4 Å². The molecule has 0 saturated carbocycles. The number of hydrogen-bond donors (Lipinski definition) is 1. The van der Waals surface area contributed by atoms with Crippen molar-refractivity contribution in [1.82, 2.24) is 5.32 Å². The normalized spacial score (nSPS) is 12.9. The number of rotatable bonds is 9. The second-order valence-corrected chi connectivity index (χ2v) is 5.12. The van der Waals surface area contributed by atoms with E-state index in [0.717, 1.165) is 26.2 Å². The average molecular weight is 241 g/mol. The van der Waals surface area contributed by atoms with Crippen LogP contribution in [0, 0.1) is 0 Å². The van der Waals surface area contributed by atoms with Gasteiger partial charge in [0, 0.05) is 23.9 Å². The highest BCUT2D eigenvalue weighted by Crippen LogP contribution is 2.08. The van der Waals surface area contributed by atoms with Crippen LogP contribution in [0.25, 0.3) is 0 Å². The minimum Gasteiger partial charge on any atom is -0.380 e. The Hall–Kier alpha value is -0.380. The summed E-state index contributed by atoms with van der Waals surface area (Å²) in [5, 5.41) is 5.57. The summed E-state index contributed by atoms with van der Waals surface area (Å²) in [6.07, 6.45) is 3.53. The smallest absolute Gasteiger partial charge is 0.0591 e. The molecule has 0 aliphatic carbocycles. The number of hydrogen-bond acceptors (Lipinski definition) is 3. The van der Waals surface area contributed by atoms with Crippen LogP contribution < -0.4 is 5.32 Å². The SMILES string of the molecule is CCCC(C)NCCOCCc1cccs1. The van der Waals surface area contributed by atoms with E-state index in [1.165, 1.54) is 17.7 Å². The van der Waals surface area contributed by atoms with Crippen LogP contribution in [0.3, 0.4) is 0 Å². The van der Waals surface area contributed by atoms with Crippen molar-refractivity contribution >= 4 is 11.3 Å². The molecular formula is C13H23NOS. The molecule has 1 unspecified atom stereocenters. The molecule has 0 radical (unpaired) electrons. The molecule has 1 rings (SSSR count). The van der Waals surface area contributed by atoms with Gasteiger partial charge >= 0.3 is 0 Å². The summed E-state index contributed by atoms with van der Waals surface area (Å²) in [7, 11) is 0. The quantitative estimate of drug-likeness (QED) is 0.671. The van der Waals surface area contributed by atoms with E-state index in [0.29, 0.717) is 6.04 Å². The minimum absolute atomic E-state index is 0.617. The summed E-state index contributed by atoms with van der Waals surface area (Å²) in [4.78, 5) is 1.41. The Labute approximate surface area is 103 Å². The van der Waals surface area contributed by atoms with Gasteiger partial charge in [0.05, 0.1) is 13.2 Å². The van der Waals surface area contributed by atoms with Gasteiger partial charge in [-0.25, -0.2) is 0 Å². The molecule has 3 heteroatoms. The van der Waals surface area contributed by atoms with E-state index >= 15 is 0 Å². The van der Waals surface area contributed by atoms with Gasteiger partial charge in [-0.1, -0.05) is 19.4 Å². The highest BCUT2D eigenvalue weighted by Gasteiger charge is 1.98. The van der Waals surface area contributed by atoms with Gasteiger partial charge < -0.3 is 10.1 Å². The zero-order chi connectivity index (χ0) is 11.6. The third-order valence-electron chi connectivity index (χ3n) is 2.53. The van der Waals surface area contributed by atoms with Gasteiger partial charge in [0.2, 0.25) is 0 Å². The van der Waals surface area contributed by atoms with Crippen molar-refractivity contribution in [2.24, 2.45) is 0 Å². The summed E-state index contributed by atoms with van der Waals surface area (Å²) in [5.41, 5.74) is 0. The van der Waals surface area contributed by atoms with Crippen molar-refractivity contribution in [2.75, 3.05) is 19.8 Å². The highest BCUT2D eigenvalue weighted by molar-refractivity contribution is 7.09. The second-order valence-electron chi connectivity index (χ2n) is 4.09. The first-order valence-corrected chi connectivity index (χ1v) is 7.04. The Bertz CT molecular complexity index is 248. The lowest BCUT2D eigenvalue weighted by atomic mass is 10.2. The fraction of sp³-hybridized carbons (Fsp3) is 0.692. The van der Waals surface area contributed by atoms with Crippen molar-refractivity contribution in [2.45, 2.75) is 39.2 Å². The minimum atomic E-state index is 0.617. The molecule has 1 heterocycles. The number of nitrogens with one attached hydrogen (secondary N) is 1. The molecule has 92 valence electrons. The number of ether oxygens (including phenoxy) is 1. The maximum atomic E-state index is 5.58. The van der Waals surface area contributed by atoms with Gasteiger partial charge in [-0.15, -0.1) is 11.3 Å². The Balaban J connectivity index is 1.88. The summed E-state index contributed by atoms with van der Waals surface area (Å²) in [6, 6.07) is 4.87. The topological polar surface area (TPSA) is 21.3 Å². The molecule has 0 fully saturated rings. The first kappa shape index (κ1) is 13.7. The summed E-state index contributed by atoms with van der Waals surface area (Å²) >= 11 is 1.80. The summed E-state index contributed by atoms with van der Waals surface area (Å²) in [5.74, 6) is 0. The van der Waals surface area contributed by atoms with E-state index in [1.54, 1.807) is 11.3 Å². The Morgan fingerprint density at radius 2 is 2.31 bits per heavy atom. The first-order chi connectivity index (χ1) is 7.83. The molecule has 0 aliphatic heterocycles. The third-order valence-corrected chi connectivity index (χ3v) is 3.47. The molecule has 0 bridgehead atoms. The van der Waals surface area contributed by atoms with Crippen molar-refractivity contribution in [1.29, 1.82) is 0 Å². The average Bonchev–Trinajstić information content (AvgIpc) is 2.76. The zero-order valence-electron chi connectivity index (χ0n) is 10.4. The zero-order valence-corrected chi connectivity index (χ0v) is 11.2. The van der Waals surface area contributed by atoms with Gasteiger partial charge in [-0.05, 0) is 24.8 Å². The lowest BCUT2D eigenvalue weighted by Gasteiger charge is -2.12. The highest BCUT2D eigenvalue weighted by atomic mass is 32.1. The monoisotopic (exact) mass is 241 g/mol. The summed E-state index contributed by atoms with van der Waals surface area (Å²) in [6.45, 7) is 7.07. The van der Waals surface area contributed by atoms with E-state index in [1.807, 2.05) is 0 Å². The van der Waals surface area contributed by atoms with Crippen molar-refractivity contribution in [3.63, 3.8) is 0 Å². The van der Waals surface area contributed by atoms with E-state index in [2.05, 4.69) is 36.7 Å². The molecule has 1 N–H and O–H groups in total. The van der Waals surface area contributed by atoms with E-state index in [-0.39, 0.29) is 0 Å². The predicted molar refractivity (Wildman–Crippen MR) is 71.2 cm³/mol. The molecule has 0 aromatic carbocycles. The third kappa shape index (κ3) is 6.26. The van der Waals surface area contributed by atoms with Crippen molar-refractivity contribution < 1.29 is 4.74 Å². The fourth-order valence-corrected chi connectivity index (χ4v) is 2.33. The Kier molecular flexibility index (Phi) is 7.47. The van der Waals surface area contributed by atoms with Gasteiger partial charge in [0.25, 0.3) is 0 Å². The molecule has 1 atom stereocenters. The van der Waals surface area contributed by atoms with Gasteiger partial charge in [0.1, 0.15) is 0 Å². The van der Waals surface area contributed by atoms with Crippen LogP contribution in [0.4, 0.5) is 0 Å². The number of thiophene rings is 1. The van der Waals surface area contributed by atoms with Crippen LogP contribution in [0.15, 0.2) is 17.5 Å². The maximum Gasteiger partial charge on any atom is 0.0591 e. The molecule has 0 amide bonds. The molecule has 2 nitrogen and oxygen atoms in total. The van der Waals surface area contributed by atoms with Gasteiger partial charge in [0.15, 0.2) is 0 Å². The largest absolute Gasteiger partial charge is 0.380 e. The standard InChI is InChI=1S/C13H23NOS/c1-3-5-12(2)14-8-10-15-9-7-13-6-4-11-16-13/h4,6,11-12,14H,3,5,7-10H2,1-2H3. The van der Waals surface area contributed by atoms with Crippen LogP contribution >= 0.6 is 11.3 Å². The molecule has 1 aromatic rings. The van der Waals surface area contributed by atoms with E-state index in [9.17, 15) is 0 Å². The Morgan fingerprint density at radius 3 is 3.00 bits per heavy atom. The van der Waals surface area contributed by atoms with Crippen LogP contribution in [0.1, 0.15) is 31.6 Å². The molecular weight excluding hydrogens is 218 g/mol. The molecule has 1 aromatic heterocycles. The van der Waals surface area contributed by atoms with Gasteiger partial charge in [-0.3, -0.25) is 0 Å². The lowest BCUT2D eigenvalue weighted by Crippen LogP contribution is -2.29.